The van der Waals surface area contributed by atoms with E-state index in [1.807, 2.05) is 0 Å². The van der Waals surface area contributed by atoms with Crippen LogP contribution in [0, 0.1) is 0 Å². The van der Waals surface area contributed by atoms with Crippen molar-refractivity contribution in [3.05, 3.63) is 24.3 Å². The lowest BCUT2D eigenvalue weighted by molar-refractivity contribution is -0.139. The Morgan fingerprint density at radius 2 is 0.912 bits per heavy atom. The molecule has 0 amide bonds. The van der Waals surface area contributed by atoms with Crippen molar-refractivity contribution in [3.63, 3.8) is 0 Å². The summed E-state index contributed by atoms with van der Waals surface area (Å²) in [6, 6.07) is 0. The smallest absolute Gasteiger partial charge is 0.462 e. The Labute approximate surface area is 211 Å². The van der Waals surface area contributed by atoms with E-state index < -0.39 is 7.82 Å². The Kier molecular flexibility index (Phi) is 20.5. The molecule has 34 heavy (non-hydrogen) atoms. The van der Waals surface area contributed by atoms with Crippen molar-refractivity contribution >= 4 is 32.7 Å². The fraction of sp³-hybridized carbons (Fsp3) is 0.750. The van der Waals surface area contributed by atoms with Crippen molar-refractivity contribution in [2.24, 2.45) is 0 Å². The third-order valence-electron chi connectivity index (χ3n) is 4.84. The quantitative estimate of drug-likeness (QED) is 0.0386. The van der Waals surface area contributed by atoms with Crippen molar-refractivity contribution in [2.75, 3.05) is 26.4 Å². The van der Waals surface area contributed by atoms with Crippen LogP contribution in [0.15, 0.2) is 24.3 Å². The Bertz CT molecular complexity index is 603. The Balaban J connectivity index is 3.59. The number of phosphoric ester groups is 1. The average Bonchev–Trinajstić information content (AvgIpc) is 2.80. The van der Waals surface area contributed by atoms with Gasteiger partial charge in [0.25, 0.3) is 0 Å². The molecule has 10 heteroatoms. The van der Waals surface area contributed by atoms with E-state index in [2.05, 4.69) is 30.0 Å². The van der Waals surface area contributed by atoms with Crippen molar-refractivity contribution in [2.45, 2.75) is 90.9 Å². The lowest BCUT2D eigenvalue weighted by Crippen LogP contribution is -2.06. The normalized spacial score (nSPS) is 11.3. The van der Waals surface area contributed by atoms with E-state index in [0.717, 1.165) is 77.0 Å². The van der Waals surface area contributed by atoms with Gasteiger partial charge in [-0.25, -0.2) is 18.1 Å². The molecule has 0 aromatic carbocycles. The number of hydrogen-bond acceptors (Lipinski definition) is 9. The minimum absolute atomic E-state index is 0.282. The second-order valence-corrected chi connectivity index (χ2v) is 10.3. The fourth-order valence-corrected chi connectivity index (χ4v) is 3.99. The van der Waals surface area contributed by atoms with Crippen LogP contribution < -0.4 is 0 Å². The van der Waals surface area contributed by atoms with Gasteiger partial charge in [0.05, 0.1) is 26.4 Å². The van der Waals surface area contributed by atoms with Gasteiger partial charge >= 0.3 is 19.8 Å². The van der Waals surface area contributed by atoms with Crippen LogP contribution >= 0.6 is 20.7 Å². The first-order valence-corrected chi connectivity index (χ1v) is 13.9. The summed E-state index contributed by atoms with van der Waals surface area (Å²) < 4.78 is 37.7. The maximum absolute atomic E-state index is 12.4. The fourth-order valence-electron chi connectivity index (χ4n) is 2.84. The molecule has 0 aliphatic rings. The van der Waals surface area contributed by atoms with Crippen molar-refractivity contribution in [3.8, 4) is 0 Å². The highest BCUT2D eigenvalue weighted by molar-refractivity contribution is 7.80. The largest absolute Gasteiger partial charge is 0.485 e. The van der Waals surface area contributed by atoms with Crippen LogP contribution in [0.3, 0.4) is 0 Å². The number of phosphoric acid groups is 1. The molecule has 0 atom stereocenters. The van der Waals surface area contributed by atoms with Crippen molar-refractivity contribution in [1.29, 1.82) is 0 Å². The van der Waals surface area contributed by atoms with Crippen LogP contribution in [0.1, 0.15) is 90.9 Å². The van der Waals surface area contributed by atoms with Crippen LogP contribution in [0.4, 0.5) is 0 Å². The molecule has 0 rings (SSSR count). The number of unbranched alkanes of at least 4 members (excludes halogenated alkanes) is 10. The molecule has 0 radical (unpaired) electrons. The summed E-state index contributed by atoms with van der Waals surface area (Å²) >= 11 is 3.64. The van der Waals surface area contributed by atoms with Gasteiger partial charge in [-0.15, -0.1) is 0 Å². The second-order valence-electron chi connectivity index (χ2n) is 8.27. The van der Waals surface area contributed by atoms with Gasteiger partial charge in [-0.2, -0.15) is 0 Å². The molecule has 0 aliphatic carbocycles. The molecule has 0 aliphatic heterocycles. The predicted molar refractivity (Wildman–Crippen MR) is 137 cm³/mol. The molecular weight excluding hydrogens is 479 g/mol. The summed E-state index contributed by atoms with van der Waals surface area (Å²) in [6.45, 7) is 11.7. The van der Waals surface area contributed by atoms with Gasteiger partial charge < -0.3 is 9.47 Å². The number of carbonyl (C=O) groups is 2. The molecule has 8 nitrogen and oxygen atoms in total. The summed E-state index contributed by atoms with van der Waals surface area (Å²) in [7, 11) is -3.62. The van der Waals surface area contributed by atoms with Crippen LogP contribution in [0.25, 0.3) is 0 Å². The molecular formula is C24H43O8PS. The zero-order valence-corrected chi connectivity index (χ0v) is 22.7. The van der Waals surface area contributed by atoms with Gasteiger partial charge in [-0.3, -0.25) is 9.05 Å². The monoisotopic (exact) mass is 522 g/mol. The van der Waals surface area contributed by atoms with Gasteiger partial charge in [0, 0.05) is 11.1 Å². The number of esters is 2. The molecule has 0 bridgehead atoms. The van der Waals surface area contributed by atoms with Crippen LogP contribution in [0.2, 0.25) is 0 Å². The molecule has 0 unspecified atom stereocenters. The van der Waals surface area contributed by atoms with Crippen LogP contribution in [-0.4, -0.2) is 38.4 Å². The Morgan fingerprint density at radius 3 is 1.21 bits per heavy atom. The predicted octanol–water partition coefficient (Wildman–Crippen LogP) is 6.91. The third kappa shape index (κ3) is 19.2. The SMILES string of the molecule is C=C(C)C(=O)OCCCCCCCCOP(=O)(OS)OCCCCCCCCOC(=O)C(=C)C. The zero-order chi connectivity index (χ0) is 25.7. The van der Waals surface area contributed by atoms with Gasteiger partial charge in [0.2, 0.25) is 0 Å². The molecule has 0 fully saturated rings. The standard InChI is InChI=1S/C24H43O8PS/c1-21(2)23(25)28-17-13-9-5-7-11-15-19-30-33(27,32-34)31-20-16-12-8-6-10-14-18-29-24(26)22(3)4/h34H,1,3,5-20H2,2,4H3. The first-order chi connectivity index (χ1) is 16.2. The van der Waals surface area contributed by atoms with E-state index >= 15 is 0 Å². The molecule has 0 N–H and O–H groups in total. The Hall–Kier alpha value is -1.12. The molecule has 0 saturated carbocycles. The van der Waals surface area contributed by atoms with E-state index in [1.165, 1.54) is 0 Å². The molecule has 0 spiro atoms. The number of ether oxygens (including phenoxy) is 2. The summed E-state index contributed by atoms with van der Waals surface area (Å²) in [5.41, 5.74) is 0.831. The van der Waals surface area contributed by atoms with E-state index in [9.17, 15) is 14.2 Å². The summed E-state index contributed by atoms with van der Waals surface area (Å²) in [5, 5.41) is 0. The van der Waals surface area contributed by atoms with Gasteiger partial charge in [0.1, 0.15) is 0 Å². The summed E-state index contributed by atoms with van der Waals surface area (Å²) in [6.07, 6.45) is 11.1. The molecule has 198 valence electrons. The highest BCUT2D eigenvalue weighted by Crippen LogP contribution is 2.50. The van der Waals surface area contributed by atoms with E-state index in [4.69, 9.17) is 18.5 Å². The van der Waals surface area contributed by atoms with Gasteiger partial charge in [-0.1, -0.05) is 64.5 Å². The number of thiol groups is 1. The maximum atomic E-state index is 12.4. The van der Waals surface area contributed by atoms with Gasteiger partial charge in [0.15, 0.2) is 0 Å². The average molecular weight is 523 g/mol. The van der Waals surface area contributed by atoms with E-state index in [0.29, 0.717) is 24.4 Å². The molecule has 0 aromatic heterocycles. The van der Waals surface area contributed by atoms with Gasteiger partial charge in [-0.05, 0) is 52.4 Å². The lowest BCUT2D eigenvalue weighted by Gasteiger charge is -2.15. The lowest BCUT2D eigenvalue weighted by atomic mass is 10.1. The first-order valence-electron chi connectivity index (χ1n) is 12.1. The van der Waals surface area contributed by atoms with E-state index in [-0.39, 0.29) is 25.2 Å². The van der Waals surface area contributed by atoms with Crippen LogP contribution in [0.5, 0.6) is 0 Å². The second kappa shape index (κ2) is 21.2. The van der Waals surface area contributed by atoms with Crippen molar-refractivity contribution < 1.29 is 36.6 Å². The maximum Gasteiger partial charge on any atom is 0.485 e. The number of carbonyl (C=O) groups excluding carboxylic acids is 2. The molecule has 0 aromatic rings. The topological polar surface area (TPSA) is 97.4 Å². The number of hydrogen-bond donors (Lipinski definition) is 1. The first kappa shape index (κ1) is 32.9. The molecule has 0 saturated heterocycles. The summed E-state index contributed by atoms with van der Waals surface area (Å²) in [4.78, 5) is 22.5. The molecule has 0 heterocycles. The Morgan fingerprint density at radius 1 is 0.618 bits per heavy atom. The van der Waals surface area contributed by atoms with Crippen LogP contribution in [-0.2, 0) is 36.6 Å². The van der Waals surface area contributed by atoms with E-state index in [1.54, 1.807) is 13.8 Å². The third-order valence-corrected chi connectivity index (χ3v) is 6.64. The zero-order valence-electron chi connectivity index (χ0n) is 20.9. The van der Waals surface area contributed by atoms with Crippen molar-refractivity contribution in [1.82, 2.24) is 0 Å². The minimum Gasteiger partial charge on any atom is -0.462 e. The minimum atomic E-state index is -3.62. The highest BCUT2D eigenvalue weighted by atomic mass is 32.1. The highest BCUT2D eigenvalue weighted by Gasteiger charge is 2.25. The summed E-state index contributed by atoms with van der Waals surface area (Å²) in [5.74, 6) is -0.683. The number of rotatable bonds is 23.